The highest BCUT2D eigenvalue weighted by Gasteiger charge is 2.22. The molecule has 6 heteroatoms. The SMILES string of the molecule is N#Cc1ccc(C(=O)N2CCN(Cc3csc(-c4ccccc4)n3)CC2)cc1. The van der Waals surface area contributed by atoms with Crippen molar-refractivity contribution in [1.29, 1.82) is 5.26 Å². The summed E-state index contributed by atoms with van der Waals surface area (Å²) < 4.78 is 0. The number of nitriles is 1. The second kappa shape index (κ2) is 8.34. The third-order valence-corrected chi connectivity index (χ3v) is 5.82. The third-order valence-electron chi connectivity index (χ3n) is 4.88. The largest absolute Gasteiger partial charge is 0.336 e. The summed E-state index contributed by atoms with van der Waals surface area (Å²) in [5.41, 5.74) is 3.44. The summed E-state index contributed by atoms with van der Waals surface area (Å²) in [4.78, 5) is 21.6. The van der Waals surface area contributed by atoms with Gasteiger partial charge in [-0.2, -0.15) is 5.26 Å². The van der Waals surface area contributed by atoms with E-state index in [9.17, 15) is 4.79 Å². The lowest BCUT2D eigenvalue weighted by molar-refractivity contribution is 0.0627. The Morgan fingerprint density at radius 1 is 1.04 bits per heavy atom. The molecular weight excluding hydrogens is 368 g/mol. The molecule has 0 radical (unpaired) electrons. The number of carbonyl (C=O) groups excluding carboxylic acids is 1. The van der Waals surface area contributed by atoms with Crippen LogP contribution in [0.2, 0.25) is 0 Å². The van der Waals surface area contributed by atoms with E-state index in [1.807, 2.05) is 23.1 Å². The number of hydrogen-bond acceptors (Lipinski definition) is 5. The van der Waals surface area contributed by atoms with Crippen LogP contribution in [0.25, 0.3) is 10.6 Å². The molecule has 2 aromatic carbocycles. The van der Waals surface area contributed by atoms with E-state index >= 15 is 0 Å². The first-order valence-corrected chi connectivity index (χ1v) is 10.1. The van der Waals surface area contributed by atoms with Gasteiger partial charge in [0.2, 0.25) is 0 Å². The van der Waals surface area contributed by atoms with E-state index < -0.39 is 0 Å². The Morgan fingerprint density at radius 3 is 2.43 bits per heavy atom. The van der Waals surface area contributed by atoms with Crippen molar-refractivity contribution in [2.75, 3.05) is 26.2 Å². The fourth-order valence-electron chi connectivity index (χ4n) is 3.30. The van der Waals surface area contributed by atoms with Gasteiger partial charge >= 0.3 is 0 Å². The molecule has 0 spiro atoms. The Hall–Kier alpha value is -3.01. The Morgan fingerprint density at radius 2 is 1.75 bits per heavy atom. The highest BCUT2D eigenvalue weighted by Crippen LogP contribution is 2.24. The molecule has 1 aliphatic heterocycles. The molecule has 4 rings (SSSR count). The van der Waals surface area contributed by atoms with Gasteiger partial charge < -0.3 is 4.90 Å². The molecule has 0 atom stereocenters. The lowest BCUT2D eigenvalue weighted by Gasteiger charge is -2.34. The second-order valence-corrected chi connectivity index (χ2v) is 7.63. The van der Waals surface area contributed by atoms with Gasteiger partial charge in [0.25, 0.3) is 5.91 Å². The molecule has 0 aliphatic carbocycles. The minimum Gasteiger partial charge on any atom is -0.336 e. The standard InChI is InChI=1S/C22H20N4OS/c23-14-17-6-8-19(9-7-17)22(27)26-12-10-25(11-13-26)15-20-16-28-21(24-20)18-4-2-1-3-5-18/h1-9,16H,10-13,15H2. The summed E-state index contributed by atoms with van der Waals surface area (Å²) in [6.45, 7) is 3.88. The second-order valence-electron chi connectivity index (χ2n) is 6.77. The maximum absolute atomic E-state index is 12.6. The van der Waals surface area contributed by atoms with Crippen LogP contribution in [0.3, 0.4) is 0 Å². The molecular formula is C22H20N4OS. The summed E-state index contributed by atoms with van der Waals surface area (Å²) in [5.74, 6) is 0.0316. The first-order valence-electron chi connectivity index (χ1n) is 9.24. The molecule has 1 amide bonds. The number of hydrogen-bond donors (Lipinski definition) is 0. The van der Waals surface area contributed by atoms with Crippen LogP contribution >= 0.6 is 11.3 Å². The number of amides is 1. The number of piperazine rings is 1. The summed E-state index contributed by atoms with van der Waals surface area (Å²) in [6.07, 6.45) is 0. The van der Waals surface area contributed by atoms with Crippen LogP contribution in [0.4, 0.5) is 0 Å². The van der Waals surface area contributed by atoms with Gasteiger partial charge in [0.1, 0.15) is 5.01 Å². The number of benzene rings is 2. The normalized spacial score (nSPS) is 14.6. The quantitative estimate of drug-likeness (QED) is 0.685. The van der Waals surface area contributed by atoms with Crippen molar-refractivity contribution in [3.8, 4) is 16.6 Å². The van der Waals surface area contributed by atoms with E-state index in [1.54, 1.807) is 35.6 Å². The maximum atomic E-state index is 12.6. The predicted octanol–water partition coefficient (Wildman–Crippen LogP) is 3.64. The van der Waals surface area contributed by atoms with E-state index in [1.165, 1.54) is 0 Å². The van der Waals surface area contributed by atoms with Gasteiger partial charge in [0, 0.05) is 49.2 Å². The van der Waals surface area contributed by atoms with Gasteiger partial charge in [-0.05, 0) is 24.3 Å². The van der Waals surface area contributed by atoms with Gasteiger partial charge in [0.15, 0.2) is 0 Å². The molecule has 1 aromatic heterocycles. The van der Waals surface area contributed by atoms with Crippen LogP contribution in [-0.2, 0) is 6.54 Å². The first-order chi connectivity index (χ1) is 13.7. The molecule has 140 valence electrons. The highest BCUT2D eigenvalue weighted by molar-refractivity contribution is 7.13. The number of carbonyl (C=O) groups is 1. The molecule has 1 aliphatic rings. The Kier molecular flexibility index (Phi) is 5.47. The summed E-state index contributed by atoms with van der Waals surface area (Å²) >= 11 is 1.67. The van der Waals surface area contributed by atoms with Crippen molar-refractivity contribution in [3.63, 3.8) is 0 Å². The monoisotopic (exact) mass is 388 g/mol. The van der Waals surface area contributed by atoms with Crippen molar-refractivity contribution >= 4 is 17.2 Å². The summed E-state index contributed by atoms with van der Waals surface area (Å²) in [6, 6.07) is 19.1. The zero-order valence-electron chi connectivity index (χ0n) is 15.4. The first kappa shape index (κ1) is 18.4. The molecule has 0 saturated carbocycles. The molecule has 1 fully saturated rings. The van der Waals surface area contributed by atoms with Crippen molar-refractivity contribution in [2.45, 2.75) is 6.54 Å². The van der Waals surface area contributed by atoms with Crippen LogP contribution in [-0.4, -0.2) is 46.9 Å². The molecule has 0 N–H and O–H groups in total. The van der Waals surface area contributed by atoms with Crippen LogP contribution in [0.1, 0.15) is 21.6 Å². The van der Waals surface area contributed by atoms with Crippen LogP contribution in [0.5, 0.6) is 0 Å². The van der Waals surface area contributed by atoms with Gasteiger partial charge in [0.05, 0.1) is 17.3 Å². The number of nitrogens with zero attached hydrogens (tertiary/aromatic N) is 4. The Labute approximate surface area is 168 Å². The van der Waals surface area contributed by atoms with Crippen molar-refractivity contribution < 1.29 is 4.79 Å². The smallest absolute Gasteiger partial charge is 0.253 e. The van der Waals surface area contributed by atoms with Gasteiger partial charge in [-0.3, -0.25) is 9.69 Å². The molecule has 3 aromatic rings. The predicted molar refractivity (Wildman–Crippen MR) is 110 cm³/mol. The molecule has 0 unspecified atom stereocenters. The molecule has 1 saturated heterocycles. The average Bonchev–Trinajstić information content (AvgIpc) is 3.23. The summed E-state index contributed by atoms with van der Waals surface area (Å²) in [5, 5.41) is 12.0. The zero-order valence-corrected chi connectivity index (χ0v) is 16.2. The lowest BCUT2D eigenvalue weighted by Crippen LogP contribution is -2.48. The number of rotatable bonds is 4. The maximum Gasteiger partial charge on any atom is 0.253 e. The summed E-state index contributed by atoms with van der Waals surface area (Å²) in [7, 11) is 0. The Bertz CT molecular complexity index is 983. The van der Waals surface area contributed by atoms with E-state index in [2.05, 4.69) is 28.5 Å². The molecule has 5 nitrogen and oxygen atoms in total. The fraction of sp³-hybridized carbons (Fsp3) is 0.227. The molecule has 28 heavy (non-hydrogen) atoms. The fourth-order valence-corrected chi connectivity index (χ4v) is 4.12. The van der Waals surface area contributed by atoms with Gasteiger partial charge in [-0.25, -0.2) is 4.98 Å². The third kappa shape index (κ3) is 4.11. The molecule has 0 bridgehead atoms. The van der Waals surface area contributed by atoms with E-state index in [0.717, 1.165) is 35.9 Å². The number of thiazole rings is 1. The molecule has 2 heterocycles. The van der Waals surface area contributed by atoms with Crippen LogP contribution in [0, 0.1) is 11.3 Å². The minimum absolute atomic E-state index is 0.0316. The van der Waals surface area contributed by atoms with E-state index in [-0.39, 0.29) is 5.91 Å². The van der Waals surface area contributed by atoms with E-state index in [0.29, 0.717) is 24.2 Å². The Balaban J connectivity index is 1.32. The average molecular weight is 388 g/mol. The van der Waals surface area contributed by atoms with Crippen molar-refractivity contribution in [2.24, 2.45) is 0 Å². The van der Waals surface area contributed by atoms with Crippen LogP contribution < -0.4 is 0 Å². The lowest BCUT2D eigenvalue weighted by atomic mass is 10.1. The van der Waals surface area contributed by atoms with Gasteiger partial charge in [-0.1, -0.05) is 30.3 Å². The van der Waals surface area contributed by atoms with Crippen molar-refractivity contribution in [3.05, 3.63) is 76.8 Å². The zero-order chi connectivity index (χ0) is 19.3. The van der Waals surface area contributed by atoms with Gasteiger partial charge in [-0.15, -0.1) is 11.3 Å². The van der Waals surface area contributed by atoms with Crippen LogP contribution in [0.15, 0.2) is 60.0 Å². The highest BCUT2D eigenvalue weighted by atomic mass is 32.1. The number of aromatic nitrogens is 1. The van der Waals surface area contributed by atoms with Crippen molar-refractivity contribution in [1.82, 2.24) is 14.8 Å². The minimum atomic E-state index is 0.0316. The van der Waals surface area contributed by atoms with E-state index in [4.69, 9.17) is 10.2 Å². The topological polar surface area (TPSA) is 60.2 Å².